The van der Waals surface area contributed by atoms with Crippen LogP contribution in [-0.2, 0) is 0 Å². The van der Waals surface area contributed by atoms with Crippen molar-refractivity contribution in [1.29, 1.82) is 0 Å². The van der Waals surface area contributed by atoms with Gasteiger partial charge in [0.1, 0.15) is 0 Å². The van der Waals surface area contributed by atoms with Crippen LogP contribution in [0.25, 0.3) is 0 Å². The van der Waals surface area contributed by atoms with Gasteiger partial charge in [0.2, 0.25) is 0 Å². The Kier molecular flexibility index (Phi) is 4.55. The van der Waals surface area contributed by atoms with Crippen LogP contribution in [0.1, 0.15) is 72.6 Å². The van der Waals surface area contributed by atoms with E-state index in [0.717, 1.165) is 35.5 Å². The van der Waals surface area contributed by atoms with Gasteiger partial charge in [0, 0.05) is 0 Å². The van der Waals surface area contributed by atoms with E-state index in [2.05, 4.69) is 27.7 Å². The molecule has 0 saturated heterocycles. The molecule has 2 saturated carbocycles. The molecule has 0 heterocycles. The Morgan fingerprint density at radius 1 is 1.00 bits per heavy atom. The van der Waals surface area contributed by atoms with E-state index in [1.165, 1.54) is 32.1 Å². The van der Waals surface area contributed by atoms with Gasteiger partial charge >= 0.3 is 0 Å². The lowest BCUT2D eigenvalue weighted by molar-refractivity contribution is 0.0411. The first-order valence-corrected chi connectivity index (χ1v) is 8.19. The van der Waals surface area contributed by atoms with Gasteiger partial charge < -0.3 is 0 Å². The Morgan fingerprint density at radius 3 is 2.41 bits per heavy atom. The summed E-state index contributed by atoms with van der Waals surface area (Å²) in [6.45, 7) is 9.84. The second-order valence-corrected chi connectivity index (χ2v) is 6.96. The minimum absolute atomic E-state index is 1.00. The third-order valence-corrected chi connectivity index (χ3v) is 6.12. The maximum absolute atomic E-state index is 2.56. The van der Waals surface area contributed by atoms with Crippen molar-refractivity contribution in [3.05, 3.63) is 0 Å². The van der Waals surface area contributed by atoms with Gasteiger partial charge in [-0.25, -0.2) is 0 Å². The van der Waals surface area contributed by atoms with Crippen LogP contribution < -0.4 is 0 Å². The first-order valence-electron chi connectivity index (χ1n) is 8.19. The quantitative estimate of drug-likeness (QED) is 0.603. The van der Waals surface area contributed by atoms with E-state index in [9.17, 15) is 0 Å². The largest absolute Gasteiger partial charge is 0.0654 e. The van der Waals surface area contributed by atoms with Crippen molar-refractivity contribution in [3.8, 4) is 0 Å². The Morgan fingerprint density at radius 2 is 1.76 bits per heavy atom. The van der Waals surface area contributed by atoms with E-state index in [4.69, 9.17) is 0 Å². The maximum Gasteiger partial charge on any atom is -0.0329 e. The normalized spacial score (nSPS) is 45.9. The average molecular weight is 236 g/mol. The molecule has 2 fully saturated rings. The van der Waals surface area contributed by atoms with Crippen molar-refractivity contribution in [3.63, 3.8) is 0 Å². The number of rotatable bonds is 4. The molecular formula is C17H32. The van der Waals surface area contributed by atoms with Crippen molar-refractivity contribution < 1.29 is 0 Å². The Bertz CT molecular complexity index is 232. The number of fused-ring (bicyclic) bond motifs is 1. The van der Waals surface area contributed by atoms with Crippen molar-refractivity contribution in [2.75, 3.05) is 0 Å². The summed E-state index contributed by atoms with van der Waals surface area (Å²) in [5, 5.41) is 0. The summed E-state index contributed by atoms with van der Waals surface area (Å²) in [4.78, 5) is 0. The molecule has 6 unspecified atom stereocenters. The fourth-order valence-corrected chi connectivity index (χ4v) is 5.15. The summed E-state index contributed by atoms with van der Waals surface area (Å²) in [7, 11) is 0. The Balaban J connectivity index is 2.07. The molecule has 2 rings (SSSR count). The first-order chi connectivity index (χ1) is 8.19. The molecule has 100 valence electrons. The lowest BCUT2D eigenvalue weighted by Gasteiger charge is -2.45. The van der Waals surface area contributed by atoms with Gasteiger partial charge in [-0.15, -0.1) is 0 Å². The van der Waals surface area contributed by atoms with Gasteiger partial charge in [0.25, 0.3) is 0 Å². The van der Waals surface area contributed by atoms with Gasteiger partial charge in [-0.05, 0) is 48.3 Å². The zero-order chi connectivity index (χ0) is 12.4. The predicted molar refractivity (Wildman–Crippen MR) is 76.0 cm³/mol. The molecule has 0 heteroatoms. The highest BCUT2D eigenvalue weighted by Gasteiger charge is 2.46. The molecule has 0 aliphatic heterocycles. The van der Waals surface area contributed by atoms with Gasteiger partial charge in [0.15, 0.2) is 0 Å². The summed E-state index contributed by atoms with van der Waals surface area (Å²) < 4.78 is 0. The van der Waals surface area contributed by atoms with E-state index in [1.54, 1.807) is 12.8 Å². The van der Waals surface area contributed by atoms with Crippen LogP contribution in [0, 0.1) is 35.5 Å². The molecule has 0 nitrogen and oxygen atoms in total. The fraction of sp³-hybridized carbons (Fsp3) is 1.00. The van der Waals surface area contributed by atoms with Crippen LogP contribution in [0.2, 0.25) is 0 Å². The van der Waals surface area contributed by atoms with Crippen molar-refractivity contribution >= 4 is 0 Å². The van der Waals surface area contributed by atoms with Crippen LogP contribution in [-0.4, -0.2) is 0 Å². The first kappa shape index (κ1) is 13.4. The average Bonchev–Trinajstić information content (AvgIpc) is 2.71. The van der Waals surface area contributed by atoms with Gasteiger partial charge in [-0.1, -0.05) is 59.8 Å². The van der Waals surface area contributed by atoms with Crippen molar-refractivity contribution in [1.82, 2.24) is 0 Å². The Labute approximate surface area is 109 Å². The summed E-state index contributed by atoms with van der Waals surface area (Å²) in [5.41, 5.74) is 0. The second-order valence-electron chi connectivity index (χ2n) is 6.96. The zero-order valence-corrected chi connectivity index (χ0v) is 12.4. The SMILES string of the molecule is CCCCC1CC(CC)C(C)C2C(C)CCC12. The van der Waals surface area contributed by atoms with E-state index in [-0.39, 0.29) is 0 Å². The van der Waals surface area contributed by atoms with Gasteiger partial charge in [-0.2, -0.15) is 0 Å². The molecule has 0 aromatic rings. The summed E-state index contributed by atoms with van der Waals surface area (Å²) in [6, 6.07) is 0. The lowest BCUT2D eigenvalue weighted by atomic mass is 9.60. The van der Waals surface area contributed by atoms with E-state index in [1.807, 2.05) is 0 Å². The molecular weight excluding hydrogens is 204 g/mol. The molecule has 2 aliphatic rings. The highest BCUT2D eigenvalue weighted by molar-refractivity contribution is 4.95. The van der Waals surface area contributed by atoms with Crippen LogP contribution >= 0.6 is 0 Å². The van der Waals surface area contributed by atoms with Crippen LogP contribution in [0.3, 0.4) is 0 Å². The molecule has 0 amide bonds. The monoisotopic (exact) mass is 236 g/mol. The van der Waals surface area contributed by atoms with Crippen molar-refractivity contribution in [2.45, 2.75) is 72.6 Å². The molecule has 0 radical (unpaired) electrons. The smallest absolute Gasteiger partial charge is 0.0329 e. The third-order valence-electron chi connectivity index (χ3n) is 6.12. The van der Waals surface area contributed by atoms with Gasteiger partial charge in [-0.3, -0.25) is 0 Å². The summed E-state index contributed by atoms with van der Waals surface area (Å²) in [5.74, 6) is 6.27. The van der Waals surface area contributed by atoms with E-state index < -0.39 is 0 Å². The van der Waals surface area contributed by atoms with E-state index >= 15 is 0 Å². The van der Waals surface area contributed by atoms with E-state index in [0.29, 0.717) is 0 Å². The molecule has 2 aliphatic carbocycles. The molecule has 0 bridgehead atoms. The third kappa shape index (κ3) is 2.56. The number of hydrogen-bond donors (Lipinski definition) is 0. The van der Waals surface area contributed by atoms with Gasteiger partial charge in [0.05, 0.1) is 0 Å². The minimum Gasteiger partial charge on any atom is -0.0654 e. The molecule has 0 N–H and O–H groups in total. The molecule has 17 heavy (non-hydrogen) atoms. The molecule has 0 aromatic heterocycles. The Hall–Kier alpha value is 0. The lowest BCUT2D eigenvalue weighted by Crippen LogP contribution is -2.38. The van der Waals surface area contributed by atoms with Crippen LogP contribution in [0.4, 0.5) is 0 Å². The highest BCUT2D eigenvalue weighted by atomic mass is 14.5. The number of unbranched alkanes of at least 4 members (excludes halogenated alkanes) is 1. The van der Waals surface area contributed by atoms with Crippen LogP contribution in [0.15, 0.2) is 0 Å². The molecule has 6 atom stereocenters. The number of hydrogen-bond acceptors (Lipinski definition) is 0. The molecule has 0 aromatic carbocycles. The standard InChI is InChI=1S/C17H32/c1-5-7-8-15-11-14(6-2)13(4)17-12(3)9-10-16(15)17/h12-17H,5-11H2,1-4H3. The molecule has 0 spiro atoms. The zero-order valence-electron chi connectivity index (χ0n) is 12.4. The topological polar surface area (TPSA) is 0 Å². The fourth-order valence-electron chi connectivity index (χ4n) is 5.15. The maximum atomic E-state index is 2.56. The van der Waals surface area contributed by atoms with Crippen molar-refractivity contribution in [2.24, 2.45) is 35.5 Å². The summed E-state index contributed by atoms with van der Waals surface area (Å²) >= 11 is 0. The highest BCUT2D eigenvalue weighted by Crippen LogP contribution is 2.54. The minimum atomic E-state index is 1.00. The second kappa shape index (κ2) is 5.76. The summed E-state index contributed by atoms with van der Waals surface area (Å²) in [6.07, 6.45) is 10.4. The van der Waals surface area contributed by atoms with Crippen LogP contribution in [0.5, 0.6) is 0 Å². The predicted octanol–water partition coefficient (Wildman–Crippen LogP) is 5.52.